The number of benzene rings is 1. The van der Waals surface area contributed by atoms with Crippen molar-refractivity contribution in [2.45, 2.75) is 76.2 Å². The Bertz CT molecular complexity index is 1360. The molecule has 41 heavy (non-hydrogen) atoms. The van der Waals surface area contributed by atoms with Crippen molar-refractivity contribution < 1.29 is 44.2 Å². The van der Waals surface area contributed by atoms with Gasteiger partial charge in [-0.25, -0.2) is 0 Å². The number of hydrogen-bond acceptors (Lipinski definition) is 10. The van der Waals surface area contributed by atoms with E-state index in [1.54, 1.807) is 12.1 Å². The van der Waals surface area contributed by atoms with Crippen molar-refractivity contribution in [3.05, 3.63) is 45.6 Å². The molecule has 6 atom stereocenters. The highest BCUT2D eigenvalue weighted by molar-refractivity contribution is 6.88. The summed E-state index contributed by atoms with van der Waals surface area (Å²) in [5.74, 6) is 0.390. The van der Waals surface area contributed by atoms with Crippen molar-refractivity contribution >= 4 is 19.2 Å². The third kappa shape index (κ3) is 5.99. The van der Waals surface area contributed by atoms with Gasteiger partial charge in [-0.15, -0.1) is 0 Å². The number of carbonyl (C=O) groups is 1. The van der Waals surface area contributed by atoms with Crippen LogP contribution in [0.4, 0.5) is 0 Å². The lowest BCUT2D eigenvalue weighted by molar-refractivity contribution is -0.277. The fourth-order valence-electron chi connectivity index (χ4n) is 5.55. The predicted molar refractivity (Wildman–Crippen MR) is 154 cm³/mol. The van der Waals surface area contributed by atoms with Gasteiger partial charge >= 0.3 is 0 Å². The summed E-state index contributed by atoms with van der Waals surface area (Å²) in [5, 5.41) is 44.3. The maximum absolute atomic E-state index is 13.4. The summed E-state index contributed by atoms with van der Waals surface area (Å²) in [7, 11) is 0.888. The number of carbonyl (C=O) groups excluding carboxylic acids is 1. The van der Waals surface area contributed by atoms with Gasteiger partial charge in [0.05, 0.1) is 34.9 Å². The maximum Gasteiger partial charge on any atom is 0.229 e. The number of fused-ring (bicyclic) bond motifs is 3. The first-order valence-electron chi connectivity index (χ1n) is 13.5. The Morgan fingerprint density at radius 3 is 2.32 bits per heavy atom. The molecule has 0 saturated carbocycles. The Kier molecular flexibility index (Phi) is 9.12. The molecule has 2 aromatic carbocycles. The zero-order valence-corrected chi connectivity index (χ0v) is 25.1. The van der Waals surface area contributed by atoms with E-state index in [-0.39, 0.29) is 22.8 Å². The minimum absolute atomic E-state index is 0.0854. The minimum atomic E-state index is -2.01. The highest BCUT2D eigenvalue weighted by Gasteiger charge is 2.45. The molecular weight excluding hydrogens is 550 g/mol. The average Bonchev–Trinajstić information content (AvgIpc) is 3.16. The molecule has 2 aliphatic rings. The Balaban J connectivity index is 1.92. The lowest BCUT2D eigenvalue weighted by Gasteiger charge is -2.39. The number of amides is 1. The number of methoxy groups -OCH3 is 2. The molecule has 1 unspecified atom stereocenters. The van der Waals surface area contributed by atoms with E-state index in [4.69, 9.17) is 18.9 Å². The van der Waals surface area contributed by atoms with Crippen LogP contribution >= 0.6 is 0 Å². The van der Waals surface area contributed by atoms with Crippen LogP contribution in [0, 0.1) is 0 Å². The number of aliphatic hydroxyl groups is 4. The van der Waals surface area contributed by atoms with Gasteiger partial charge in [0.1, 0.15) is 24.4 Å². The van der Waals surface area contributed by atoms with E-state index in [1.807, 2.05) is 12.1 Å². The van der Waals surface area contributed by atoms with Crippen LogP contribution in [0.3, 0.4) is 0 Å². The molecule has 1 amide bonds. The molecule has 0 radical (unpaired) electrons. The molecule has 5 N–H and O–H groups in total. The van der Waals surface area contributed by atoms with Gasteiger partial charge in [0, 0.05) is 12.5 Å². The van der Waals surface area contributed by atoms with Crippen LogP contribution in [-0.2, 0) is 16.0 Å². The predicted octanol–water partition coefficient (Wildman–Crippen LogP) is 0.578. The summed E-state index contributed by atoms with van der Waals surface area (Å²) in [5.41, 5.74) is 2.72. The average molecular weight is 590 g/mol. The number of hydrogen-bond donors (Lipinski definition) is 5. The van der Waals surface area contributed by atoms with Gasteiger partial charge < -0.3 is 44.7 Å². The molecule has 1 aliphatic heterocycles. The van der Waals surface area contributed by atoms with E-state index in [9.17, 15) is 30.0 Å². The van der Waals surface area contributed by atoms with Crippen LogP contribution in [-0.4, -0.2) is 85.9 Å². The molecule has 224 valence electrons. The van der Waals surface area contributed by atoms with Gasteiger partial charge in [-0.05, 0) is 46.9 Å². The van der Waals surface area contributed by atoms with Crippen LogP contribution in [0.5, 0.6) is 17.2 Å². The Morgan fingerprint density at radius 1 is 1.05 bits per heavy atom. The number of ether oxygens (including phenoxy) is 4. The molecule has 11 nitrogen and oxygen atoms in total. The van der Waals surface area contributed by atoms with E-state index in [2.05, 4.69) is 25.0 Å². The topological polar surface area (TPSA) is 164 Å². The van der Waals surface area contributed by atoms with Gasteiger partial charge in [0.15, 0.2) is 16.9 Å². The SMILES string of the molecule is COc1c(O[C@@H]2O[C@H](CO)[C@@H](O)[C@H](O)[C@H]2O)cc2c(c1OC)-c1ccc([Si](C)(C)C)c(=O)cc1C(NC(C)=O)CC2. The zero-order chi connectivity index (χ0) is 30.2. The van der Waals surface area contributed by atoms with E-state index >= 15 is 0 Å². The van der Waals surface area contributed by atoms with Crippen molar-refractivity contribution in [3.63, 3.8) is 0 Å². The highest BCUT2D eigenvalue weighted by Crippen LogP contribution is 2.50. The summed E-state index contributed by atoms with van der Waals surface area (Å²) < 4.78 is 23.1. The number of aliphatic hydroxyl groups excluding tert-OH is 4. The second-order valence-electron chi connectivity index (χ2n) is 11.5. The summed E-state index contributed by atoms with van der Waals surface area (Å²) >= 11 is 0. The Morgan fingerprint density at radius 2 is 1.73 bits per heavy atom. The van der Waals surface area contributed by atoms with Crippen molar-refractivity contribution in [1.29, 1.82) is 0 Å². The first-order chi connectivity index (χ1) is 19.3. The Labute approximate surface area is 239 Å². The summed E-state index contributed by atoms with van der Waals surface area (Å²) in [6.45, 7) is 7.12. The second kappa shape index (κ2) is 12.1. The molecule has 0 spiro atoms. The first kappa shape index (κ1) is 30.9. The van der Waals surface area contributed by atoms with E-state index in [1.165, 1.54) is 21.1 Å². The summed E-state index contributed by atoms with van der Waals surface area (Å²) in [4.78, 5) is 25.6. The molecule has 0 bridgehead atoms. The molecular formula is C29H39NO10Si. The largest absolute Gasteiger partial charge is 0.492 e. The molecule has 12 heteroatoms. The number of aryl methyl sites for hydroxylation is 1. The molecule has 1 heterocycles. The molecule has 0 aromatic heterocycles. The maximum atomic E-state index is 13.4. The highest BCUT2D eigenvalue weighted by atomic mass is 28.3. The van der Waals surface area contributed by atoms with Crippen LogP contribution in [0.1, 0.15) is 30.5 Å². The molecule has 1 aliphatic carbocycles. The third-order valence-corrected chi connectivity index (χ3v) is 9.62. The summed E-state index contributed by atoms with van der Waals surface area (Å²) in [6, 6.07) is 6.63. The molecule has 4 rings (SSSR count). The van der Waals surface area contributed by atoms with Crippen molar-refractivity contribution in [2.24, 2.45) is 0 Å². The lowest BCUT2D eigenvalue weighted by Crippen LogP contribution is -2.60. The fourth-order valence-corrected chi connectivity index (χ4v) is 6.95. The van der Waals surface area contributed by atoms with Gasteiger partial charge in [-0.1, -0.05) is 31.8 Å². The smallest absolute Gasteiger partial charge is 0.229 e. The van der Waals surface area contributed by atoms with Crippen molar-refractivity contribution in [2.75, 3.05) is 20.8 Å². The molecule has 1 fully saturated rings. The first-order valence-corrected chi connectivity index (χ1v) is 17.0. The van der Waals surface area contributed by atoms with Crippen molar-refractivity contribution in [1.82, 2.24) is 5.32 Å². The summed E-state index contributed by atoms with van der Waals surface area (Å²) in [6.07, 6.45) is -6.44. The van der Waals surface area contributed by atoms with E-state index < -0.39 is 51.4 Å². The quantitative estimate of drug-likeness (QED) is 0.289. The van der Waals surface area contributed by atoms with Gasteiger partial charge in [-0.2, -0.15) is 0 Å². The minimum Gasteiger partial charge on any atom is -0.492 e. The normalized spacial score (nSPS) is 25.8. The van der Waals surface area contributed by atoms with Crippen LogP contribution in [0.15, 0.2) is 29.1 Å². The van der Waals surface area contributed by atoms with E-state index in [0.717, 1.165) is 10.8 Å². The van der Waals surface area contributed by atoms with Gasteiger partial charge in [0.2, 0.25) is 17.9 Å². The molecule has 2 aromatic rings. The number of nitrogens with one attached hydrogen (secondary N) is 1. The zero-order valence-electron chi connectivity index (χ0n) is 24.1. The van der Waals surface area contributed by atoms with Crippen molar-refractivity contribution in [3.8, 4) is 28.4 Å². The second-order valence-corrected chi connectivity index (χ2v) is 16.5. The Hall–Kier alpha value is -3.00. The standard InChI is InChI=1S/C29H39NO10Si/c1-14(32)30-18-9-7-15-11-20(39-29-26(36)25(35)24(34)21(13-31)40-29)27(37-2)28(38-3)23(15)16-8-10-22(41(4,5)6)19(33)12-17(16)18/h8,10-12,18,21,24-26,29,31,34-36H,7,9,13H2,1-6H3,(H,30,32)/t18?,21-,24-,25+,26-,29-/m1/s1. The van der Waals surface area contributed by atoms with Crippen LogP contribution < -0.4 is 30.1 Å². The van der Waals surface area contributed by atoms with Gasteiger partial charge in [0.25, 0.3) is 0 Å². The van der Waals surface area contributed by atoms with Crippen LogP contribution in [0.2, 0.25) is 19.6 Å². The van der Waals surface area contributed by atoms with Gasteiger partial charge in [-0.3, -0.25) is 9.59 Å². The van der Waals surface area contributed by atoms with Crippen LogP contribution in [0.25, 0.3) is 11.1 Å². The van der Waals surface area contributed by atoms with E-state index in [0.29, 0.717) is 35.3 Å². The third-order valence-electron chi connectivity index (χ3n) is 7.60. The fraction of sp³-hybridized carbons (Fsp3) is 0.517. The molecule has 1 saturated heterocycles. The monoisotopic (exact) mass is 589 g/mol. The lowest BCUT2D eigenvalue weighted by atomic mass is 9.95. The number of rotatable bonds is 7.